The van der Waals surface area contributed by atoms with Gasteiger partial charge in [-0.05, 0) is 31.6 Å². The Bertz CT molecular complexity index is 422. The molecule has 0 aromatic rings. The number of amides is 2. The van der Waals surface area contributed by atoms with E-state index in [9.17, 15) is 9.59 Å². The maximum Gasteiger partial charge on any atom is 0.235 e. The number of rotatable bonds is 2. The number of carbonyl (C=O) groups is 2. The van der Waals surface area contributed by atoms with Gasteiger partial charge in [-0.1, -0.05) is 12.2 Å². The SMILES string of the molecule is C=C1CC(CN2C(=O)[C@@H]3[C@H](C2=O)[C@H]2CC[C@@H]3O2)C1. The molecule has 1 saturated carbocycles. The summed E-state index contributed by atoms with van der Waals surface area (Å²) < 4.78 is 5.71. The van der Waals surface area contributed by atoms with Crippen molar-refractivity contribution in [2.45, 2.75) is 37.9 Å². The molecule has 4 atom stereocenters. The molecule has 2 amide bonds. The van der Waals surface area contributed by atoms with Crippen molar-refractivity contribution in [3.63, 3.8) is 0 Å². The van der Waals surface area contributed by atoms with Crippen molar-refractivity contribution in [2.24, 2.45) is 17.8 Å². The number of carbonyl (C=O) groups excluding carboxylic acids is 2. The van der Waals surface area contributed by atoms with Gasteiger partial charge in [-0.2, -0.15) is 0 Å². The summed E-state index contributed by atoms with van der Waals surface area (Å²) in [7, 11) is 0. The second-order valence-electron chi connectivity index (χ2n) is 6.15. The molecule has 0 N–H and O–H groups in total. The highest BCUT2D eigenvalue weighted by molar-refractivity contribution is 6.06. The number of ether oxygens (including phenoxy) is 1. The predicted molar refractivity (Wildman–Crippen MR) is 63.5 cm³/mol. The van der Waals surface area contributed by atoms with E-state index in [2.05, 4.69) is 6.58 Å². The summed E-state index contributed by atoms with van der Waals surface area (Å²) in [5.41, 5.74) is 1.24. The predicted octanol–water partition coefficient (Wildman–Crippen LogP) is 1.11. The summed E-state index contributed by atoms with van der Waals surface area (Å²) in [6.07, 6.45) is 3.85. The van der Waals surface area contributed by atoms with E-state index < -0.39 is 0 Å². The molecule has 0 spiro atoms. The monoisotopic (exact) mass is 247 g/mol. The second kappa shape index (κ2) is 3.44. The van der Waals surface area contributed by atoms with Gasteiger partial charge in [0.15, 0.2) is 0 Å². The Labute approximate surface area is 106 Å². The molecule has 4 rings (SSSR count). The van der Waals surface area contributed by atoms with Crippen molar-refractivity contribution < 1.29 is 14.3 Å². The van der Waals surface area contributed by atoms with Crippen LogP contribution in [0.2, 0.25) is 0 Å². The topological polar surface area (TPSA) is 46.6 Å². The fourth-order valence-electron chi connectivity index (χ4n) is 4.10. The molecule has 4 aliphatic rings. The molecule has 4 nitrogen and oxygen atoms in total. The quantitative estimate of drug-likeness (QED) is 0.542. The van der Waals surface area contributed by atoms with Crippen molar-refractivity contribution in [2.75, 3.05) is 6.54 Å². The van der Waals surface area contributed by atoms with Gasteiger partial charge in [0.2, 0.25) is 11.8 Å². The Morgan fingerprint density at radius 3 is 2.17 bits per heavy atom. The van der Waals surface area contributed by atoms with Crippen LogP contribution in [0.25, 0.3) is 0 Å². The van der Waals surface area contributed by atoms with Crippen LogP contribution in [0.4, 0.5) is 0 Å². The number of likely N-dealkylation sites (tertiary alicyclic amines) is 1. The minimum atomic E-state index is -0.167. The van der Waals surface area contributed by atoms with Gasteiger partial charge in [0.05, 0.1) is 24.0 Å². The van der Waals surface area contributed by atoms with E-state index in [4.69, 9.17) is 4.74 Å². The molecule has 4 heteroatoms. The molecule has 2 bridgehead atoms. The van der Waals surface area contributed by atoms with E-state index in [0.717, 1.165) is 25.7 Å². The van der Waals surface area contributed by atoms with E-state index in [0.29, 0.717) is 12.5 Å². The Balaban J connectivity index is 1.54. The standard InChI is InChI=1S/C14H17NO3/c1-7-4-8(5-7)6-15-13(16)11-9-2-3-10(18-9)12(11)14(15)17/h8-12H,1-6H2/t9-,10+,11-,12+. The average Bonchev–Trinajstić information content (AvgIpc) is 2.95. The normalized spacial score (nSPS) is 42.7. The largest absolute Gasteiger partial charge is 0.373 e. The molecule has 18 heavy (non-hydrogen) atoms. The van der Waals surface area contributed by atoms with Gasteiger partial charge in [-0.3, -0.25) is 14.5 Å². The molecule has 3 aliphatic heterocycles. The van der Waals surface area contributed by atoms with E-state index in [1.165, 1.54) is 10.5 Å². The minimum Gasteiger partial charge on any atom is -0.373 e. The van der Waals surface area contributed by atoms with Crippen LogP contribution in [0.3, 0.4) is 0 Å². The van der Waals surface area contributed by atoms with Crippen molar-refractivity contribution >= 4 is 11.8 Å². The number of allylic oxidation sites excluding steroid dienone is 1. The van der Waals surface area contributed by atoms with Crippen LogP contribution in [-0.2, 0) is 14.3 Å². The van der Waals surface area contributed by atoms with Crippen molar-refractivity contribution in [3.8, 4) is 0 Å². The molecule has 0 radical (unpaired) electrons. The van der Waals surface area contributed by atoms with Gasteiger partial charge in [0.25, 0.3) is 0 Å². The lowest BCUT2D eigenvalue weighted by atomic mass is 9.81. The summed E-state index contributed by atoms with van der Waals surface area (Å²) in [6, 6.07) is 0. The summed E-state index contributed by atoms with van der Waals surface area (Å²) in [5, 5.41) is 0. The number of hydrogen-bond acceptors (Lipinski definition) is 3. The third-order valence-electron chi connectivity index (χ3n) is 4.97. The maximum absolute atomic E-state index is 12.3. The Kier molecular flexibility index (Phi) is 2.05. The molecule has 1 aliphatic carbocycles. The molecular weight excluding hydrogens is 230 g/mol. The first-order valence-electron chi connectivity index (χ1n) is 6.82. The third-order valence-corrected chi connectivity index (χ3v) is 4.97. The fraction of sp³-hybridized carbons (Fsp3) is 0.714. The zero-order valence-electron chi connectivity index (χ0n) is 10.3. The lowest BCUT2D eigenvalue weighted by Crippen LogP contribution is -2.39. The molecule has 0 unspecified atom stereocenters. The highest BCUT2D eigenvalue weighted by Crippen LogP contribution is 2.49. The van der Waals surface area contributed by atoms with Crippen LogP contribution >= 0.6 is 0 Å². The van der Waals surface area contributed by atoms with Crippen molar-refractivity contribution in [3.05, 3.63) is 12.2 Å². The molecule has 3 saturated heterocycles. The fourth-order valence-corrected chi connectivity index (χ4v) is 4.10. The summed E-state index contributed by atoms with van der Waals surface area (Å²) >= 11 is 0. The van der Waals surface area contributed by atoms with Crippen LogP contribution in [0, 0.1) is 17.8 Å². The Morgan fingerprint density at radius 1 is 1.11 bits per heavy atom. The first kappa shape index (κ1) is 10.7. The third kappa shape index (κ3) is 1.24. The van der Waals surface area contributed by atoms with Crippen LogP contribution in [0.1, 0.15) is 25.7 Å². The van der Waals surface area contributed by atoms with Gasteiger partial charge in [0, 0.05) is 6.54 Å². The van der Waals surface area contributed by atoms with Gasteiger partial charge < -0.3 is 4.74 Å². The lowest BCUT2D eigenvalue weighted by Gasteiger charge is -2.31. The maximum atomic E-state index is 12.3. The Hall–Kier alpha value is -1.16. The molecule has 0 aromatic carbocycles. The van der Waals surface area contributed by atoms with Crippen LogP contribution in [-0.4, -0.2) is 35.5 Å². The van der Waals surface area contributed by atoms with E-state index in [1.54, 1.807) is 0 Å². The van der Waals surface area contributed by atoms with Crippen LogP contribution < -0.4 is 0 Å². The smallest absolute Gasteiger partial charge is 0.235 e. The summed E-state index contributed by atoms with van der Waals surface area (Å²) in [5.74, 6) is 0.159. The van der Waals surface area contributed by atoms with Gasteiger partial charge >= 0.3 is 0 Å². The van der Waals surface area contributed by atoms with Crippen molar-refractivity contribution in [1.82, 2.24) is 4.90 Å². The summed E-state index contributed by atoms with van der Waals surface area (Å²) in [6.45, 7) is 4.51. The second-order valence-corrected chi connectivity index (χ2v) is 6.15. The highest BCUT2D eigenvalue weighted by atomic mass is 16.5. The molecule has 0 aromatic heterocycles. The number of fused-ring (bicyclic) bond motifs is 5. The molecular formula is C14H17NO3. The zero-order chi connectivity index (χ0) is 12.4. The Morgan fingerprint density at radius 2 is 1.67 bits per heavy atom. The van der Waals surface area contributed by atoms with Crippen molar-refractivity contribution in [1.29, 1.82) is 0 Å². The highest BCUT2D eigenvalue weighted by Gasteiger charge is 2.62. The van der Waals surface area contributed by atoms with E-state index in [-0.39, 0.29) is 35.9 Å². The van der Waals surface area contributed by atoms with Crippen LogP contribution in [0.5, 0.6) is 0 Å². The van der Waals surface area contributed by atoms with Crippen LogP contribution in [0.15, 0.2) is 12.2 Å². The van der Waals surface area contributed by atoms with Gasteiger partial charge in [-0.15, -0.1) is 0 Å². The first-order chi connectivity index (χ1) is 8.65. The van der Waals surface area contributed by atoms with Gasteiger partial charge in [-0.25, -0.2) is 0 Å². The lowest BCUT2D eigenvalue weighted by molar-refractivity contribution is -0.143. The van der Waals surface area contributed by atoms with Gasteiger partial charge in [0.1, 0.15) is 0 Å². The number of imide groups is 1. The average molecular weight is 247 g/mol. The minimum absolute atomic E-state index is 0.0119. The molecule has 3 heterocycles. The summed E-state index contributed by atoms with van der Waals surface area (Å²) in [4.78, 5) is 26.2. The molecule has 96 valence electrons. The zero-order valence-corrected chi connectivity index (χ0v) is 10.3. The van der Waals surface area contributed by atoms with E-state index in [1.807, 2.05) is 0 Å². The number of hydrogen-bond donors (Lipinski definition) is 0. The molecule has 4 fully saturated rings. The number of nitrogens with zero attached hydrogens (tertiary/aromatic N) is 1. The van der Waals surface area contributed by atoms with E-state index >= 15 is 0 Å². The first-order valence-corrected chi connectivity index (χ1v) is 6.82.